The van der Waals surface area contributed by atoms with Crippen molar-refractivity contribution in [2.45, 2.75) is 17.9 Å². The second kappa shape index (κ2) is 8.71. The Morgan fingerprint density at radius 2 is 1.81 bits per heavy atom. The number of rotatable bonds is 8. The first kappa shape index (κ1) is 19.6. The van der Waals surface area contributed by atoms with Crippen LogP contribution in [-0.2, 0) is 14.8 Å². The van der Waals surface area contributed by atoms with Crippen LogP contribution in [0.3, 0.4) is 0 Å². The summed E-state index contributed by atoms with van der Waals surface area (Å²) in [4.78, 5) is 0.0940. The number of nitrogens with one attached hydrogen (secondary N) is 1. The van der Waals surface area contributed by atoms with Gasteiger partial charge in [-0.25, -0.2) is 13.1 Å². The molecule has 3 rings (SSSR count). The summed E-state index contributed by atoms with van der Waals surface area (Å²) < 4.78 is 44.4. The molecule has 0 unspecified atom stereocenters. The number of aliphatic hydroxyl groups excluding tert-OH is 1. The minimum absolute atomic E-state index is 0.0415. The van der Waals surface area contributed by atoms with E-state index in [0.29, 0.717) is 24.7 Å². The molecule has 0 radical (unpaired) electrons. The molecule has 0 spiro atoms. The van der Waals surface area contributed by atoms with Crippen molar-refractivity contribution < 1.29 is 27.7 Å². The van der Waals surface area contributed by atoms with Crippen molar-refractivity contribution in [3.8, 4) is 11.5 Å². The summed E-state index contributed by atoms with van der Waals surface area (Å²) >= 11 is 0. The van der Waals surface area contributed by atoms with E-state index in [1.165, 1.54) is 12.1 Å². The van der Waals surface area contributed by atoms with Crippen LogP contribution < -0.4 is 14.2 Å². The van der Waals surface area contributed by atoms with Crippen LogP contribution >= 0.6 is 0 Å². The highest BCUT2D eigenvalue weighted by Crippen LogP contribution is 2.32. The van der Waals surface area contributed by atoms with Gasteiger partial charge in [0.25, 0.3) is 0 Å². The summed E-state index contributed by atoms with van der Waals surface area (Å²) in [6.07, 6.45) is -0.510. The van der Waals surface area contributed by atoms with Crippen LogP contribution in [0.1, 0.15) is 17.2 Å². The standard InChI is InChI=1S/C19H23NO6S/c1-14-2-4-15(5-3-14)19(24-9-8-21)13-20-27(22,23)16-6-7-17-18(12-16)26-11-10-25-17/h2-7,12,19-21H,8-11,13H2,1H3/t19-/m1/s1. The van der Waals surface area contributed by atoms with Crippen molar-refractivity contribution in [3.63, 3.8) is 0 Å². The normalized spacial score (nSPS) is 14.7. The number of ether oxygens (including phenoxy) is 3. The van der Waals surface area contributed by atoms with E-state index >= 15 is 0 Å². The Kier molecular flexibility index (Phi) is 6.33. The maximum absolute atomic E-state index is 12.7. The van der Waals surface area contributed by atoms with Crippen LogP contribution in [0.15, 0.2) is 47.4 Å². The van der Waals surface area contributed by atoms with E-state index in [1.807, 2.05) is 31.2 Å². The van der Waals surface area contributed by atoms with Gasteiger partial charge in [0, 0.05) is 12.6 Å². The van der Waals surface area contributed by atoms with Crippen molar-refractivity contribution in [3.05, 3.63) is 53.6 Å². The summed E-state index contributed by atoms with van der Waals surface area (Å²) in [6.45, 7) is 2.81. The fraction of sp³-hybridized carbons (Fsp3) is 0.368. The molecule has 1 heterocycles. The molecule has 0 aliphatic carbocycles. The smallest absolute Gasteiger partial charge is 0.240 e. The molecular weight excluding hydrogens is 370 g/mol. The molecule has 0 bridgehead atoms. The fourth-order valence-electron chi connectivity index (χ4n) is 2.71. The van der Waals surface area contributed by atoms with Gasteiger partial charge in [0.2, 0.25) is 10.0 Å². The number of sulfonamides is 1. The number of hydrogen-bond donors (Lipinski definition) is 2. The van der Waals surface area contributed by atoms with Crippen LogP contribution in [0.2, 0.25) is 0 Å². The number of benzene rings is 2. The Morgan fingerprint density at radius 1 is 1.11 bits per heavy atom. The molecule has 27 heavy (non-hydrogen) atoms. The van der Waals surface area contributed by atoms with Crippen LogP contribution in [0.5, 0.6) is 11.5 Å². The molecule has 146 valence electrons. The van der Waals surface area contributed by atoms with Gasteiger partial charge < -0.3 is 19.3 Å². The molecule has 0 saturated carbocycles. The second-order valence-corrected chi connectivity index (χ2v) is 7.92. The van der Waals surface area contributed by atoms with Crippen molar-refractivity contribution in [2.24, 2.45) is 0 Å². The third-order valence-electron chi connectivity index (χ3n) is 4.14. The Labute approximate surface area is 158 Å². The Balaban J connectivity index is 1.74. The van der Waals surface area contributed by atoms with E-state index in [1.54, 1.807) is 6.07 Å². The lowest BCUT2D eigenvalue weighted by molar-refractivity contribution is 0.0309. The van der Waals surface area contributed by atoms with E-state index in [-0.39, 0.29) is 24.7 Å². The first-order chi connectivity index (χ1) is 13.0. The zero-order chi connectivity index (χ0) is 19.3. The SMILES string of the molecule is Cc1ccc([C@@H](CNS(=O)(=O)c2ccc3c(c2)OCCO3)OCCO)cc1. The third-order valence-corrected chi connectivity index (χ3v) is 5.56. The van der Waals surface area contributed by atoms with Gasteiger partial charge in [-0.15, -0.1) is 0 Å². The summed E-state index contributed by atoms with van der Waals surface area (Å²) in [5.74, 6) is 0.944. The third kappa shape index (κ3) is 4.98. The van der Waals surface area contributed by atoms with E-state index in [2.05, 4.69) is 4.72 Å². The van der Waals surface area contributed by atoms with Gasteiger partial charge in [-0.3, -0.25) is 0 Å². The molecule has 1 aliphatic rings. The summed E-state index contributed by atoms with van der Waals surface area (Å²) in [7, 11) is -3.76. The van der Waals surface area contributed by atoms with Gasteiger partial charge in [-0.05, 0) is 24.6 Å². The number of aryl methyl sites for hydroxylation is 1. The highest BCUT2D eigenvalue weighted by atomic mass is 32.2. The average Bonchev–Trinajstić information content (AvgIpc) is 2.68. The van der Waals surface area contributed by atoms with Gasteiger partial charge in [0.15, 0.2) is 11.5 Å². The van der Waals surface area contributed by atoms with E-state index < -0.39 is 16.1 Å². The largest absolute Gasteiger partial charge is 0.486 e. The maximum Gasteiger partial charge on any atom is 0.240 e. The molecule has 0 amide bonds. The van der Waals surface area contributed by atoms with Gasteiger partial charge in [0.1, 0.15) is 13.2 Å². The van der Waals surface area contributed by atoms with Gasteiger partial charge in [0.05, 0.1) is 24.2 Å². The Hall–Kier alpha value is -2.13. The molecule has 2 aromatic rings. The number of hydrogen-bond acceptors (Lipinski definition) is 6. The van der Waals surface area contributed by atoms with E-state index in [4.69, 9.17) is 19.3 Å². The average molecular weight is 393 g/mol. The molecular formula is C19H23NO6S. The van der Waals surface area contributed by atoms with Crippen LogP contribution in [-0.4, -0.2) is 46.5 Å². The van der Waals surface area contributed by atoms with Gasteiger partial charge in [-0.1, -0.05) is 29.8 Å². The highest BCUT2D eigenvalue weighted by molar-refractivity contribution is 7.89. The first-order valence-electron chi connectivity index (χ1n) is 8.68. The zero-order valence-corrected chi connectivity index (χ0v) is 15.9. The minimum Gasteiger partial charge on any atom is -0.486 e. The van der Waals surface area contributed by atoms with Crippen LogP contribution in [0, 0.1) is 6.92 Å². The first-order valence-corrected chi connectivity index (χ1v) is 10.2. The molecule has 1 atom stereocenters. The molecule has 0 saturated heterocycles. The maximum atomic E-state index is 12.7. The van der Waals surface area contributed by atoms with Crippen molar-refractivity contribution in [1.82, 2.24) is 4.72 Å². The lowest BCUT2D eigenvalue weighted by Gasteiger charge is -2.20. The molecule has 2 N–H and O–H groups in total. The predicted octanol–water partition coefficient (Wildman–Crippen LogP) is 1.79. The monoisotopic (exact) mass is 393 g/mol. The molecule has 2 aromatic carbocycles. The topological polar surface area (TPSA) is 94.1 Å². The van der Waals surface area contributed by atoms with Crippen LogP contribution in [0.25, 0.3) is 0 Å². The molecule has 0 fully saturated rings. The lowest BCUT2D eigenvalue weighted by atomic mass is 10.1. The second-order valence-electron chi connectivity index (χ2n) is 6.15. The lowest BCUT2D eigenvalue weighted by Crippen LogP contribution is -2.30. The molecule has 7 nitrogen and oxygen atoms in total. The van der Waals surface area contributed by atoms with Crippen molar-refractivity contribution in [2.75, 3.05) is 33.0 Å². The quantitative estimate of drug-likeness (QED) is 0.710. The summed E-state index contributed by atoms with van der Waals surface area (Å²) in [5, 5.41) is 9.04. The van der Waals surface area contributed by atoms with Crippen molar-refractivity contribution >= 4 is 10.0 Å². The van der Waals surface area contributed by atoms with E-state index in [0.717, 1.165) is 11.1 Å². The molecule has 0 aromatic heterocycles. The predicted molar refractivity (Wildman–Crippen MR) is 99.6 cm³/mol. The minimum atomic E-state index is -3.76. The molecule has 8 heteroatoms. The Bertz CT molecular complexity index is 866. The summed E-state index contributed by atoms with van der Waals surface area (Å²) in [5.41, 5.74) is 1.93. The van der Waals surface area contributed by atoms with E-state index in [9.17, 15) is 8.42 Å². The number of aliphatic hydroxyl groups is 1. The van der Waals surface area contributed by atoms with Crippen LogP contribution in [0.4, 0.5) is 0 Å². The fourth-order valence-corrected chi connectivity index (χ4v) is 3.76. The van der Waals surface area contributed by atoms with Gasteiger partial charge in [-0.2, -0.15) is 0 Å². The summed E-state index contributed by atoms with van der Waals surface area (Å²) in [6, 6.07) is 12.1. The van der Waals surface area contributed by atoms with Crippen molar-refractivity contribution in [1.29, 1.82) is 0 Å². The Morgan fingerprint density at radius 3 is 2.52 bits per heavy atom. The molecule has 1 aliphatic heterocycles. The van der Waals surface area contributed by atoms with Gasteiger partial charge >= 0.3 is 0 Å². The number of fused-ring (bicyclic) bond motifs is 1. The highest BCUT2D eigenvalue weighted by Gasteiger charge is 2.21. The zero-order valence-electron chi connectivity index (χ0n) is 15.1.